The van der Waals surface area contributed by atoms with Gasteiger partial charge in [-0.05, 0) is 30.2 Å². The number of amides is 1. The molecule has 1 N–H and O–H groups in total. The molecule has 0 heterocycles. The van der Waals surface area contributed by atoms with Gasteiger partial charge in [-0.15, -0.1) is 0 Å². The normalized spacial score (nSPS) is 29.5. The summed E-state index contributed by atoms with van der Waals surface area (Å²) in [5.74, 6) is 1.47. The molecule has 17 heavy (non-hydrogen) atoms. The van der Waals surface area contributed by atoms with Gasteiger partial charge in [0, 0.05) is 6.04 Å². The Balaban J connectivity index is 1.42. The van der Waals surface area contributed by atoms with E-state index in [1.54, 1.807) is 0 Å². The average Bonchev–Trinajstić information content (AvgIpc) is 2.79. The van der Waals surface area contributed by atoms with Crippen LogP contribution >= 0.6 is 0 Å². The van der Waals surface area contributed by atoms with Crippen molar-refractivity contribution in [3.05, 3.63) is 35.9 Å². The highest BCUT2D eigenvalue weighted by Crippen LogP contribution is 2.51. The van der Waals surface area contributed by atoms with Crippen molar-refractivity contribution in [2.45, 2.75) is 31.9 Å². The first-order valence-corrected chi connectivity index (χ1v) is 6.32. The predicted octanol–water partition coefficient (Wildman–Crippen LogP) is 2.71. The Morgan fingerprint density at radius 1 is 1.24 bits per heavy atom. The zero-order valence-electron chi connectivity index (χ0n) is 9.76. The lowest BCUT2D eigenvalue weighted by atomic mass is 10.2. The summed E-state index contributed by atoms with van der Waals surface area (Å²) < 4.78 is 5.19. The van der Waals surface area contributed by atoms with E-state index in [1.165, 1.54) is 19.3 Å². The van der Waals surface area contributed by atoms with E-state index in [0.29, 0.717) is 12.6 Å². The maximum absolute atomic E-state index is 11.6. The van der Waals surface area contributed by atoms with Crippen molar-refractivity contribution < 1.29 is 9.53 Å². The minimum Gasteiger partial charge on any atom is -0.445 e. The molecule has 3 heteroatoms. The standard InChI is InChI=1S/C14H17NO2/c16-14(15-13-11-7-4-8-12(11)13)17-9-10-5-2-1-3-6-10/h1-3,5-6,11-13H,4,7-9H2,(H,15,16)/t11-,12+,13-. The van der Waals surface area contributed by atoms with Gasteiger partial charge in [0.1, 0.15) is 6.61 Å². The van der Waals surface area contributed by atoms with Gasteiger partial charge in [0.2, 0.25) is 0 Å². The van der Waals surface area contributed by atoms with Crippen LogP contribution in [0.15, 0.2) is 30.3 Å². The third kappa shape index (κ3) is 2.28. The van der Waals surface area contributed by atoms with Crippen molar-refractivity contribution in [1.29, 1.82) is 0 Å². The van der Waals surface area contributed by atoms with Crippen LogP contribution in [0.2, 0.25) is 0 Å². The minimum absolute atomic E-state index is 0.270. The molecule has 2 fully saturated rings. The number of carbonyl (C=O) groups is 1. The highest BCUT2D eigenvalue weighted by molar-refractivity contribution is 5.68. The fourth-order valence-electron chi connectivity index (χ4n) is 2.94. The number of hydrogen-bond donors (Lipinski definition) is 1. The molecule has 0 radical (unpaired) electrons. The number of ether oxygens (including phenoxy) is 1. The van der Waals surface area contributed by atoms with Crippen LogP contribution in [-0.2, 0) is 11.3 Å². The first-order valence-electron chi connectivity index (χ1n) is 6.32. The van der Waals surface area contributed by atoms with Crippen molar-refractivity contribution >= 4 is 6.09 Å². The number of hydrogen-bond acceptors (Lipinski definition) is 2. The molecule has 0 saturated heterocycles. The SMILES string of the molecule is O=C(N[C@@H]1[C@@H]2CCC[C@@H]21)OCc1ccccc1. The molecule has 2 aliphatic rings. The maximum Gasteiger partial charge on any atom is 0.407 e. The van der Waals surface area contributed by atoms with Crippen LogP contribution in [0.1, 0.15) is 24.8 Å². The van der Waals surface area contributed by atoms with E-state index >= 15 is 0 Å². The highest BCUT2D eigenvalue weighted by Gasteiger charge is 2.53. The smallest absolute Gasteiger partial charge is 0.407 e. The van der Waals surface area contributed by atoms with Crippen molar-refractivity contribution in [2.24, 2.45) is 11.8 Å². The Morgan fingerprint density at radius 2 is 1.94 bits per heavy atom. The van der Waals surface area contributed by atoms with Crippen molar-refractivity contribution in [2.75, 3.05) is 0 Å². The van der Waals surface area contributed by atoms with Crippen LogP contribution in [0, 0.1) is 11.8 Å². The van der Waals surface area contributed by atoms with Gasteiger partial charge in [-0.3, -0.25) is 0 Å². The summed E-state index contributed by atoms with van der Waals surface area (Å²) >= 11 is 0. The van der Waals surface area contributed by atoms with E-state index < -0.39 is 0 Å². The Labute approximate surface area is 101 Å². The Morgan fingerprint density at radius 3 is 2.65 bits per heavy atom. The van der Waals surface area contributed by atoms with Gasteiger partial charge in [0.15, 0.2) is 0 Å². The minimum atomic E-state index is -0.270. The van der Waals surface area contributed by atoms with E-state index in [-0.39, 0.29) is 6.09 Å². The van der Waals surface area contributed by atoms with Crippen molar-refractivity contribution in [1.82, 2.24) is 5.32 Å². The van der Waals surface area contributed by atoms with E-state index in [2.05, 4.69) is 5.32 Å². The van der Waals surface area contributed by atoms with E-state index in [0.717, 1.165) is 17.4 Å². The summed E-state index contributed by atoms with van der Waals surface area (Å²) in [4.78, 5) is 11.6. The number of carbonyl (C=O) groups excluding carboxylic acids is 1. The van der Waals surface area contributed by atoms with Crippen LogP contribution in [0.3, 0.4) is 0 Å². The fourth-order valence-corrected chi connectivity index (χ4v) is 2.94. The largest absolute Gasteiger partial charge is 0.445 e. The molecular formula is C14H17NO2. The molecule has 2 saturated carbocycles. The van der Waals surface area contributed by atoms with Crippen LogP contribution in [0.25, 0.3) is 0 Å². The zero-order chi connectivity index (χ0) is 11.7. The van der Waals surface area contributed by atoms with Gasteiger partial charge >= 0.3 is 6.09 Å². The second kappa shape index (κ2) is 4.40. The van der Waals surface area contributed by atoms with E-state index in [9.17, 15) is 4.79 Å². The van der Waals surface area contributed by atoms with E-state index in [1.807, 2.05) is 30.3 Å². The second-order valence-electron chi connectivity index (χ2n) is 4.99. The van der Waals surface area contributed by atoms with Crippen LogP contribution in [-0.4, -0.2) is 12.1 Å². The zero-order valence-corrected chi connectivity index (χ0v) is 9.76. The molecule has 3 rings (SSSR count). The quantitative estimate of drug-likeness (QED) is 0.868. The van der Waals surface area contributed by atoms with Crippen LogP contribution < -0.4 is 5.32 Å². The molecule has 90 valence electrons. The number of nitrogens with one attached hydrogen (secondary N) is 1. The number of alkyl carbamates (subject to hydrolysis) is 1. The van der Waals surface area contributed by atoms with E-state index in [4.69, 9.17) is 4.74 Å². The maximum atomic E-state index is 11.6. The van der Waals surface area contributed by atoms with Gasteiger partial charge in [0.05, 0.1) is 0 Å². The Hall–Kier alpha value is -1.51. The Kier molecular flexibility index (Phi) is 2.75. The molecule has 1 amide bonds. The lowest BCUT2D eigenvalue weighted by Gasteiger charge is -2.08. The Bertz CT molecular complexity index is 394. The van der Waals surface area contributed by atoms with Crippen molar-refractivity contribution in [3.8, 4) is 0 Å². The summed E-state index contributed by atoms with van der Waals surface area (Å²) in [5.41, 5.74) is 1.03. The van der Waals surface area contributed by atoms with Gasteiger partial charge < -0.3 is 10.1 Å². The summed E-state index contributed by atoms with van der Waals surface area (Å²) in [6.07, 6.45) is 3.60. The molecule has 0 aromatic heterocycles. The summed E-state index contributed by atoms with van der Waals surface area (Å²) in [6, 6.07) is 10.2. The number of fused-ring (bicyclic) bond motifs is 1. The predicted molar refractivity (Wildman–Crippen MR) is 64.4 cm³/mol. The van der Waals surface area contributed by atoms with Gasteiger partial charge in [-0.2, -0.15) is 0 Å². The second-order valence-corrected chi connectivity index (χ2v) is 4.99. The molecule has 3 nitrogen and oxygen atoms in total. The molecule has 0 aliphatic heterocycles. The highest BCUT2D eigenvalue weighted by atomic mass is 16.5. The fraction of sp³-hybridized carbons (Fsp3) is 0.500. The lowest BCUT2D eigenvalue weighted by Crippen LogP contribution is -2.29. The molecule has 0 spiro atoms. The topological polar surface area (TPSA) is 38.3 Å². The molecule has 2 aliphatic carbocycles. The first kappa shape index (κ1) is 10.6. The third-order valence-electron chi connectivity index (χ3n) is 3.90. The molecule has 1 aromatic rings. The summed E-state index contributed by atoms with van der Waals surface area (Å²) in [6.45, 7) is 0.356. The average molecular weight is 231 g/mol. The molecule has 1 aromatic carbocycles. The molecule has 0 unspecified atom stereocenters. The molecule has 3 atom stereocenters. The molecule has 0 bridgehead atoms. The first-order chi connectivity index (χ1) is 8.34. The van der Waals surface area contributed by atoms with Crippen LogP contribution in [0.5, 0.6) is 0 Å². The van der Waals surface area contributed by atoms with Crippen LogP contribution in [0.4, 0.5) is 4.79 Å². The summed E-state index contributed by atoms with van der Waals surface area (Å²) in [5, 5.41) is 2.96. The summed E-state index contributed by atoms with van der Waals surface area (Å²) in [7, 11) is 0. The van der Waals surface area contributed by atoms with Crippen molar-refractivity contribution in [3.63, 3.8) is 0 Å². The molecular weight excluding hydrogens is 214 g/mol. The number of rotatable bonds is 3. The van der Waals surface area contributed by atoms with Gasteiger partial charge in [0.25, 0.3) is 0 Å². The number of benzene rings is 1. The third-order valence-corrected chi connectivity index (χ3v) is 3.90. The monoisotopic (exact) mass is 231 g/mol. The van der Waals surface area contributed by atoms with Gasteiger partial charge in [-0.25, -0.2) is 4.79 Å². The van der Waals surface area contributed by atoms with Gasteiger partial charge in [-0.1, -0.05) is 36.8 Å². The lowest BCUT2D eigenvalue weighted by molar-refractivity contribution is 0.138.